The molecule has 0 spiro atoms. The topological polar surface area (TPSA) is 135 Å². The van der Waals surface area contributed by atoms with Crippen LogP contribution in [0.4, 0.5) is 5.69 Å². The monoisotopic (exact) mass is 274 g/mol. The number of nitro groups is 1. The average Bonchev–Trinajstić information content (AvgIpc) is 2.87. The summed E-state index contributed by atoms with van der Waals surface area (Å²) in [4.78, 5) is 10.1. The van der Waals surface area contributed by atoms with Crippen molar-refractivity contribution in [1.82, 2.24) is 0 Å². The zero-order valence-electron chi connectivity index (χ0n) is 10.3. The lowest BCUT2D eigenvalue weighted by atomic mass is 10.1. The molecule has 0 amide bonds. The second-order valence-electron chi connectivity index (χ2n) is 3.82. The van der Waals surface area contributed by atoms with E-state index in [0.717, 1.165) is 5.56 Å². The summed E-state index contributed by atoms with van der Waals surface area (Å²) in [6, 6.07) is 9.52. The predicted octanol–water partition coefficient (Wildman–Crippen LogP) is -0.457. The highest BCUT2D eigenvalue weighted by Gasteiger charge is 2.08. The first-order valence-corrected chi connectivity index (χ1v) is 5.58. The summed E-state index contributed by atoms with van der Waals surface area (Å²) in [6.07, 6.45) is 1.48. The van der Waals surface area contributed by atoms with E-state index in [-0.39, 0.29) is 11.6 Å². The van der Waals surface area contributed by atoms with Gasteiger partial charge in [0.1, 0.15) is 5.76 Å². The standard InChI is InChI=1S/C12H11N5O3/c13-12(14)16-15-7-10-5-6-11(20-10)8-1-3-9(4-2-8)17(18)19/h1-7H,(H4,13,14,16)/p+1/b15-7-. The summed E-state index contributed by atoms with van der Waals surface area (Å²) in [5.74, 6) is 1.00. The third-order valence-electron chi connectivity index (χ3n) is 2.39. The summed E-state index contributed by atoms with van der Waals surface area (Å²) in [5, 5.41) is 16.6. The molecule has 2 rings (SSSR count). The van der Waals surface area contributed by atoms with Crippen molar-refractivity contribution >= 4 is 17.9 Å². The quantitative estimate of drug-likeness (QED) is 0.300. The summed E-state index contributed by atoms with van der Waals surface area (Å²) < 4.78 is 5.51. The minimum absolute atomic E-state index is 0.0292. The molecule has 0 radical (unpaired) electrons. The van der Waals surface area contributed by atoms with Gasteiger partial charge in [0, 0.05) is 22.8 Å². The van der Waals surface area contributed by atoms with Crippen LogP contribution in [0.1, 0.15) is 5.76 Å². The van der Waals surface area contributed by atoms with E-state index in [1.54, 1.807) is 24.3 Å². The number of hydrazone groups is 1. The Hall–Kier alpha value is -3.16. The van der Waals surface area contributed by atoms with Gasteiger partial charge in [-0.2, -0.15) is 0 Å². The Kier molecular flexibility index (Phi) is 3.75. The van der Waals surface area contributed by atoms with E-state index in [0.29, 0.717) is 11.5 Å². The van der Waals surface area contributed by atoms with Crippen LogP contribution in [0.15, 0.2) is 45.9 Å². The van der Waals surface area contributed by atoms with Crippen molar-refractivity contribution < 1.29 is 14.4 Å². The molecular weight excluding hydrogens is 262 g/mol. The van der Waals surface area contributed by atoms with Gasteiger partial charge < -0.3 is 15.9 Å². The molecule has 0 bridgehead atoms. The van der Waals surface area contributed by atoms with Crippen LogP contribution in [0.5, 0.6) is 0 Å². The molecular formula is C12H12N5O3+. The van der Waals surface area contributed by atoms with Gasteiger partial charge in [0.15, 0.2) is 5.76 Å². The molecule has 102 valence electrons. The smallest absolute Gasteiger partial charge is 0.269 e. The lowest BCUT2D eigenvalue weighted by molar-refractivity contribution is -0.457. The zero-order valence-corrected chi connectivity index (χ0v) is 10.3. The summed E-state index contributed by atoms with van der Waals surface area (Å²) >= 11 is 0. The van der Waals surface area contributed by atoms with Crippen molar-refractivity contribution in [2.45, 2.75) is 0 Å². The highest BCUT2D eigenvalue weighted by atomic mass is 16.6. The van der Waals surface area contributed by atoms with Crippen molar-refractivity contribution in [3.05, 3.63) is 52.3 Å². The minimum atomic E-state index is -0.454. The van der Waals surface area contributed by atoms with Crippen LogP contribution in [0.2, 0.25) is 0 Å². The summed E-state index contributed by atoms with van der Waals surface area (Å²) in [7, 11) is 0. The Morgan fingerprint density at radius 2 is 1.95 bits per heavy atom. The Labute approximate surface area is 113 Å². The number of hydrogen-bond acceptors (Lipinski definition) is 4. The van der Waals surface area contributed by atoms with Gasteiger partial charge >= 0.3 is 0 Å². The first-order valence-electron chi connectivity index (χ1n) is 5.58. The first-order chi connectivity index (χ1) is 9.56. The fourth-order valence-corrected chi connectivity index (χ4v) is 1.50. The maximum absolute atomic E-state index is 10.6. The number of guanidine groups is 1. The number of nitrogens with zero attached hydrogens (tertiary/aromatic N) is 2. The second-order valence-corrected chi connectivity index (χ2v) is 3.82. The number of furan rings is 1. The van der Waals surface area contributed by atoms with Crippen LogP contribution in [-0.2, 0) is 0 Å². The van der Waals surface area contributed by atoms with Crippen LogP contribution in [0, 0.1) is 10.1 Å². The highest BCUT2D eigenvalue weighted by molar-refractivity contribution is 5.76. The molecule has 0 aliphatic carbocycles. The van der Waals surface area contributed by atoms with E-state index in [9.17, 15) is 10.1 Å². The van der Waals surface area contributed by atoms with Gasteiger partial charge in [-0.3, -0.25) is 10.1 Å². The number of nitrogens with one attached hydrogen (secondary N) is 1. The number of rotatable bonds is 4. The molecule has 0 saturated heterocycles. The zero-order chi connectivity index (χ0) is 14.5. The van der Waals surface area contributed by atoms with Gasteiger partial charge in [0.25, 0.3) is 11.6 Å². The van der Waals surface area contributed by atoms with Crippen molar-refractivity contribution in [3.63, 3.8) is 0 Å². The molecule has 1 aromatic heterocycles. The molecule has 8 nitrogen and oxygen atoms in total. The number of benzene rings is 1. The Balaban J connectivity index is 2.18. The lowest BCUT2D eigenvalue weighted by Crippen LogP contribution is -2.63. The van der Waals surface area contributed by atoms with Gasteiger partial charge in [-0.05, 0) is 24.3 Å². The predicted molar refractivity (Wildman–Crippen MR) is 72.7 cm³/mol. The normalized spacial score (nSPS) is 10.6. The van der Waals surface area contributed by atoms with E-state index in [1.165, 1.54) is 18.3 Å². The SMILES string of the molecule is NC(N)=N/[NH+]=C\c1ccc(-c2ccc([N+](=O)[O-])cc2)o1. The molecule has 8 heteroatoms. The van der Waals surface area contributed by atoms with Gasteiger partial charge in [0.2, 0.25) is 6.21 Å². The van der Waals surface area contributed by atoms with E-state index >= 15 is 0 Å². The second kappa shape index (κ2) is 5.65. The molecule has 1 aromatic carbocycles. The first kappa shape index (κ1) is 13.3. The molecule has 0 saturated carbocycles. The molecule has 0 aliphatic rings. The lowest BCUT2D eigenvalue weighted by Gasteiger charge is -1.95. The maximum Gasteiger partial charge on any atom is 0.269 e. The van der Waals surface area contributed by atoms with E-state index in [4.69, 9.17) is 15.9 Å². The number of nitrogens with two attached hydrogens (primary N) is 2. The third-order valence-corrected chi connectivity index (χ3v) is 2.39. The van der Waals surface area contributed by atoms with Crippen LogP contribution in [0.25, 0.3) is 11.3 Å². The molecule has 1 heterocycles. The molecule has 20 heavy (non-hydrogen) atoms. The largest absolute Gasteiger partial charge is 0.450 e. The van der Waals surface area contributed by atoms with Crippen molar-refractivity contribution in [1.29, 1.82) is 0 Å². The molecule has 0 fully saturated rings. The van der Waals surface area contributed by atoms with E-state index in [2.05, 4.69) is 10.2 Å². The Bertz CT molecular complexity index is 669. The molecule has 0 aliphatic heterocycles. The van der Waals surface area contributed by atoms with E-state index in [1.807, 2.05) is 0 Å². The van der Waals surface area contributed by atoms with Crippen molar-refractivity contribution in [2.75, 3.05) is 0 Å². The van der Waals surface area contributed by atoms with Crippen LogP contribution in [-0.4, -0.2) is 17.1 Å². The van der Waals surface area contributed by atoms with Gasteiger partial charge in [0.05, 0.1) is 4.92 Å². The average molecular weight is 274 g/mol. The van der Waals surface area contributed by atoms with Crippen molar-refractivity contribution in [3.8, 4) is 11.3 Å². The highest BCUT2D eigenvalue weighted by Crippen LogP contribution is 2.23. The van der Waals surface area contributed by atoms with Crippen LogP contribution >= 0.6 is 0 Å². The van der Waals surface area contributed by atoms with Gasteiger partial charge in [-0.15, -0.1) is 0 Å². The van der Waals surface area contributed by atoms with Gasteiger partial charge in [-0.25, -0.2) is 0 Å². The molecule has 0 atom stereocenters. The fourth-order valence-electron chi connectivity index (χ4n) is 1.50. The number of nitro benzene ring substituents is 1. The third kappa shape index (κ3) is 3.19. The summed E-state index contributed by atoms with van der Waals surface area (Å²) in [6.45, 7) is 0. The molecule has 0 unspecified atom stereocenters. The summed E-state index contributed by atoms with van der Waals surface area (Å²) in [5.41, 5.74) is 11.1. The minimum Gasteiger partial charge on any atom is -0.450 e. The Morgan fingerprint density at radius 1 is 1.25 bits per heavy atom. The van der Waals surface area contributed by atoms with E-state index < -0.39 is 4.92 Å². The molecule has 2 aromatic rings. The Morgan fingerprint density at radius 3 is 2.55 bits per heavy atom. The van der Waals surface area contributed by atoms with Gasteiger partial charge in [-0.1, -0.05) is 5.10 Å². The fraction of sp³-hybridized carbons (Fsp3) is 0. The molecule has 5 N–H and O–H groups in total. The maximum atomic E-state index is 10.6. The van der Waals surface area contributed by atoms with Crippen LogP contribution < -0.4 is 16.6 Å². The van der Waals surface area contributed by atoms with Crippen LogP contribution in [0.3, 0.4) is 0 Å². The van der Waals surface area contributed by atoms with Crippen molar-refractivity contribution in [2.24, 2.45) is 16.6 Å². The number of non-ortho nitro benzene ring substituents is 1. The number of hydrogen-bond donors (Lipinski definition) is 3.